The third kappa shape index (κ3) is 2.20. The van der Waals surface area contributed by atoms with Crippen LogP contribution in [0.3, 0.4) is 0 Å². The van der Waals surface area contributed by atoms with Crippen molar-refractivity contribution < 1.29 is 9.13 Å². The summed E-state index contributed by atoms with van der Waals surface area (Å²) in [5.74, 6) is 0.433. The van der Waals surface area contributed by atoms with E-state index in [9.17, 15) is 4.39 Å². The largest absolute Gasteiger partial charge is 0.482 e. The maximum atomic E-state index is 13.1. The fourth-order valence-electron chi connectivity index (χ4n) is 2.00. The standard InChI is InChI=1S/C14H11BrFNO/c15-10-3-1-9(2-4-10)14-8-17-12-7-11(16)5-6-13(12)18-14/h1-7,14,17H,8H2. The van der Waals surface area contributed by atoms with Gasteiger partial charge in [0, 0.05) is 10.5 Å². The van der Waals surface area contributed by atoms with Crippen molar-refractivity contribution >= 4 is 21.6 Å². The number of ether oxygens (including phenoxy) is 1. The molecular weight excluding hydrogens is 297 g/mol. The van der Waals surface area contributed by atoms with Gasteiger partial charge in [0.2, 0.25) is 0 Å². The first kappa shape index (κ1) is 11.5. The number of fused-ring (bicyclic) bond motifs is 1. The van der Waals surface area contributed by atoms with Crippen LogP contribution in [0, 0.1) is 5.82 Å². The first-order valence-electron chi connectivity index (χ1n) is 5.68. The fourth-order valence-corrected chi connectivity index (χ4v) is 2.27. The summed E-state index contributed by atoms with van der Waals surface area (Å²) in [6.07, 6.45) is -0.0453. The number of benzene rings is 2. The molecular formula is C14H11BrFNO. The highest BCUT2D eigenvalue weighted by molar-refractivity contribution is 9.10. The van der Waals surface area contributed by atoms with Gasteiger partial charge in [0.1, 0.15) is 17.7 Å². The zero-order chi connectivity index (χ0) is 12.5. The summed E-state index contributed by atoms with van der Waals surface area (Å²) in [5, 5.41) is 3.19. The maximum Gasteiger partial charge on any atom is 0.143 e. The first-order valence-corrected chi connectivity index (χ1v) is 6.47. The zero-order valence-electron chi connectivity index (χ0n) is 9.49. The van der Waals surface area contributed by atoms with Crippen molar-refractivity contribution in [1.82, 2.24) is 0 Å². The number of hydrogen-bond acceptors (Lipinski definition) is 2. The zero-order valence-corrected chi connectivity index (χ0v) is 11.1. The van der Waals surface area contributed by atoms with Crippen LogP contribution < -0.4 is 10.1 Å². The van der Waals surface area contributed by atoms with Gasteiger partial charge in [-0.2, -0.15) is 0 Å². The van der Waals surface area contributed by atoms with Gasteiger partial charge in [0.05, 0.1) is 12.2 Å². The summed E-state index contributed by atoms with van der Waals surface area (Å²) in [7, 11) is 0. The second-order valence-corrected chi connectivity index (χ2v) is 5.10. The first-order chi connectivity index (χ1) is 8.72. The van der Waals surface area contributed by atoms with E-state index in [0.717, 1.165) is 10.0 Å². The van der Waals surface area contributed by atoms with Crippen molar-refractivity contribution in [1.29, 1.82) is 0 Å². The lowest BCUT2D eigenvalue weighted by molar-refractivity contribution is 0.210. The molecule has 0 radical (unpaired) electrons. The topological polar surface area (TPSA) is 21.3 Å². The van der Waals surface area contributed by atoms with Crippen LogP contribution in [0.5, 0.6) is 5.75 Å². The highest BCUT2D eigenvalue weighted by atomic mass is 79.9. The van der Waals surface area contributed by atoms with E-state index in [1.165, 1.54) is 12.1 Å². The molecule has 2 nitrogen and oxygen atoms in total. The van der Waals surface area contributed by atoms with Crippen LogP contribution in [0.15, 0.2) is 46.9 Å². The Kier molecular flexibility index (Phi) is 2.96. The molecule has 3 rings (SSSR count). The minimum atomic E-state index is -0.257. The van der Waals surface area contributed by atoms with Crippen LogP contribution in [0.4, 0.5) is 10.1 Å². The molecule has 0 aliphatic carbocycles. The molecule has 1 aliphatic rings. The second-order valence-electron chi connectivity index (χ2n) is 4.18. The Morgan fingerprint density at radius 2 is 1.94 bits per heavy atom. The fraction of sp³-hybridized carbons (Fsp3) is 0.143. The highest BCUT2D eigenvalue weighted by Crippen LogP contribution is 2.34. The van der Waals surface area contributed by atoms with Crippen LogP contribution in [-0.4, -0.2) is 6.54 Å². The van der Waals surface area contributed by atoms with Crippen molar-refractivity contribution in [3.05, 3.63) is 58.3 Å². The quantitative estimate of drug-likeness (QED) is 0.855. The molecule has 1 N–H and O–H groups in total. The summed E-state index contributed by atoms with van der Waals surface area (Å²) in [6.45, 7) is 0.637. The summed E-state index contributed by atoms with van der Waals surface area (Å²) in [6, 6.07) is 12.5. The molecule has 0 amide bonds. The molecule has 1 unspecified atom stereocenters. The van der Waals surface area contributed by atoms with Gasteiger partial charge >= 0.3 is 0 Å². The van der Waals surface area contributed by atoms with E-state index in [0.29, 0.717) is 18.0 Å². The van der Waals surface area contributed by atoms with Gasteiger partial charge in [0.25, 0.3) is 0 Å². The van der Waals surface area contributed by atoms with E-state index in [1.54, 1.807) is 6.07 Å². The van der Waals surface area contributed by atoms with Crippen LogP contribution in [0.2, 0.25) is 0 Å². The van der Waals surface area contributed by atoms with Crippen molar-refractivity contribution in [3.8, 4) is 5.75 Å². The van der Waals surface area contributed by atoms with E-state index in [4.69, 9.17) is 4.74 Å². The normalized spacial score (nSPS) is 17.6. The number of halogens is 2. The van der Waals surface area contributed by atoms with Crippen LogP contribution in [0.25, 0.3) is 0 Å². The molecule has 2 aromatic rings. The number of hydrogen-bond donors (Lipinski definition) is 1. The van der Waals surface area contributed by atoms with Gasteiger partial charge in [-0.25, -0.2) is 4.39 Å². The minimum absolute atomic E-state index is 0.0453. The van der Waals surface area contributed by atoms with E-state index in [-0.39, 0.29) is 11.9 Å². The molecule has 0 spiro atoms. The van der Waals surface area contributed by atoms with Gasteiger partial charge in [0.15, 0.2) is 0 Å². The predicted octanol–water partition coefficient (Wildman–Crippen LogP) is 4.13. The minimum Gasteiger partial charge on any atom is -0.482 e. The van der Waals surface area contributed by atoms with E-state index >= 15 is 0 Å². The number of anilines is 1. The van der Waals surface area contributed by atoms with E-state index < -0.39 is 0 Å². The lowest BCUT2D eigenvalue weighted by Crippen LogP contribution is -2.23. The monoisotopic (exact) mass is 307 g/mol. The average Bonchev–Trinajstić information content (AvgIpc) is 2.39. The SMILES string of the molecule is Fc1ccc2c(c1)NCC(c1ccc(Br)cc1)O2. The summed E-state index contributed by atoms with van der Waals surface area (Å²) < 4.78 is 20.0. The number of nitrogens with one attached hydrogen (secondary N) is 1. The lowest BCUT2D eigenvalue weighted by atomic mass is 10.1. The summed E-state index contributed by atoms with van der Waals surface area (Å²) in [5.41, 5.74) is 1.81. The third-order valence-electron chi connectivity index (χ3n) is 2.93. The van der Waals surface area contributed by atoms with Gasteiger partial charge in [-0.1, -0.05) is 28.1 Å². The van der Waals surface area contributed by atoms with Crippen LogP contribution in [0.1, 0.15) is 11.7 Å². The molecule has 0 fully saturated rings. The Hall–Kier alpha value is -1.55. The molecule has 1 heterocycles. The Bertz CT molecular complexity index is 571. The molecule has 1 atom stereocenters. The van der Waals surface area contributed by atoms with Crippen molar-refractivity contribution in [2.45, 2.75) is 6.10 Å². The molecule has 2 aromatic carbocycles. The molecule has 92 valence electrons. The van der Waals surface area contributed by atoms with Crippen LogP contribution in [-0.2, 0) is 0 Å². The predicted molar refractivity (Wildman–Crippen MR) is 72.4 cm³/mol. The van der Waals surface area contributed by atoms with Crippen LogP contribution >= 0.6 is 15.9 Å². The van der Waals surface area contributed by atoms with Crippen molar-refractivity contribution in [2.24, 2.45) is 0 Å². The van der Waals surface area contributed by atoms with Gasteiger partial charge < -0.3 is 10.1 Å². The highest BCUT2D eigenvalue weighted by Gasteiger charge is 2.20. The van der Waals surface area contributed by atoms with Gasteiger partial charge in [-0.15, -0.1) is 0 Å². The number of rotatable bonds is 1. The Morgan fingerprint density at radius 3 is 2.72 bits per heavy atom. The molecule has 0 saturated carbocycles. The Balaban J connectivity index is 1.86. The average molecular weight is 308 g/mol. The molecule has 0 saturated heterocycles. The molecule has 4 heteroatoms. The maximum absolute atomic E-state index is 13.1. The van der Waals surface area contributed by atoms with Gasteiger partial charge in [-0.3, -0.25) is 0 Å². The molecule has 18 heavy (non-hydrogen) atoms. The third-order valence-corrected chi connectivity index (χ3v) is 3.46. The van der Waals surface area contributed by atoms with Gasteiger partial charge in [-0.05, 0) is 29.8 Å². The Labute approximate surface area is 113 Å². The lowest BCUT2D eigenvalue weighted by Gasteiger charge is -2.27. The van der Waals surface area contributed by atoms with E-state index in [2.05, 4.69) is 21.2 Å². The second kappa shape index (κ2) is 4.61. The van der Waals surface area contributed by atoms with Crippen molar-refractivity contribution in [2.75, 3.05) is 11.9 Å². The molecule has 1 aliphatic heterocycles. The molecule has 0 bridgehead atoms. The molecule has 0 aromatic heterocycles. The Morgan fingerprint density at radius 1 is 1.17 bits per heavy atom. The smallest absolute Gasteiger partial charge is 0.143 e. The summed E-state index contributed by atoms with van der Waals surface area (Å²) >= 11 is 3.41. The van der Waals surface area contributed by atoms with E-state index in [1.807, 2.05) is 24.3 Å². The van der Waals surface area contributed by atoms with Crippen molar-refractivity contribution in [3.63, 3.8) is 0 Å². The summed E-state index contributed by atoms with van der Waals surface area (Å²) in [4.78, 5) is 0.